The van der Waals surface area contributed by atoms with E-state index in [-0.39, 0.29) is 5.04 Å². The molecule has 1 aliphatic carbocycles. The van der Waals surface area contributed by atoms with Crippen molar-refractivity contribution in [1.29, 1.82) is 0 Å². The quantitative estimate of drug-likeness (QED) is 0.449. The third-order valence-electron chi connectivity index (χ3n) is 7.19. The minimum atomic E-state index is -1.65. The van der Waals surface area contributed by atoms with E-state index in [9.17, 15) is 0 Å². The van der Waals surface area contributed by atoms with Crippen molar-refractivity contribution in [3.63, 3.8) is 0 Å². The zero-order chi connectivity index (χ0) is 21.5. The molecule has 0 spiro atoms. The van der Waals surface area contributed by atoms with Crippen LogP contribution in [0.4, 0.5) is 0 Å². The third kappa shape index (κ3) is 3.32. The van der Waals surface area contributed by atoms with Crippen LogP contribution in [0.3, 0.4) is 0 Å². The Morgan fingerprint density at radius 1 is 0.600 bits per heavy atom. The average molecular weight is 409 g/mol. The van der Waals surface area contributed by atoms with E-state index in [4.69, 9.17) is 0 Å². The third-order valence-corrected chi connectivity index (χ3v) is 11.1. The fourth-order valence-corrected chi connectivity index (χ4v) is 9.98. The highest BCUT2D eigenvalue weighted by Gasteiger charge is 2.47. The molecular weight excluding hydrogens is 376 g/mol. The van der Waals surface area contributed by atoms with Gasteiger partial charge in [0.1, 0.15) is 8.80 Å². The van der Waals surface area contributed by atoms with Crippen molar-refractivity contribution in [1.82, 2.24) is 0 Å². The average Bonchev–Trinajstić information content (AvgIpc) is 2.89. The Morgan fingerprint density at radius 2 is 1.13 bits per heavy atom. The molecule has 0 radical (unpaired) electrons. The van der Waals surface area contributed by atoms with Crippen LogP contribution in [0.15, 0.2) is 95.6 Å². The molecule has 30 heavy (non-hydrogen) atoms. The number of hydrogen-bond acceptors (Lipinski definition) is 0. The molecule has 1 heteroatoms. The van der Waals surface area contributed by atoms with Gasteiger partial charge in [-0.15, -0.1) is 0 Å². The second-order valence-electron chi connectivity index (χ2n) is 9.08. The molecule has 0 amide bonds. The maximum Gasteiger partial charge on any atom is 0.117 e. The van der Waals surface area contributed by atoms with E-state index in [1.807, 2.05) is 0 Å². The summed E-state index contributed by atoms with van der Waals surface area (Å²) in [4.78, 5) is 0. The second kappa shape index (κ2) is 7.89. The van der Waals surface area contributed by atoms with Crippen molar-refractivity contribution >= 4 is 24.7 Å². The standard InChI is InChI=1S/C29H32Si/c1-20-12-10-16-26(18-20)30(27-17-11-13-21(2)19-27)29(6)24(5)22(3)23(4)28(29)25-14-8-7-9-15-25/h7-19,30H,1-6H3. The first-order valence-electron chi connectivity index (χ1n) is 10.9. The lowest BCUT2D eigenvalue weighted by molar-refractivity contribution is 0.901. The molecule has 3 aromatic rings. The highest BCUT2D eigenvalue weighted by molar-refractivity contribution is 6.89. The summed E-state index contributed by atoms with van der Waals surface area (Å²) in [6.45, 7) is 14.0. The number of benzene rings is 3. The van der Waals surface area contributed by atoms with Crippen LogP contribution in [-0.2, 0) is 0 Å². The molecule has 0 N–H and O–H groups in total. The number of rotatable bonds is 4. The van der Waals surface area contributed by atoms with Crippen LogP contribution in [0.2, 0.25) is 5.04 Å². The van der Waals surface area contributed by atoms with Gasteiger partial charge in [-0.1, -0.05) is 113 Å². The Morgan fingerprint density at radius 3 is 1.63 bits per heavy atom. The van der Waals surface area contributed by atoms with E-state index in [1.54, 1.807) is 5.57 Å². The molecule has 0 nitrogen and oxygen atoms in total. The van der Waals surface area contributed by atoms with Gasteiger partial charge in [0.25, 0.3) is 0 Å². The topological polar surface area (TPSA) is 0 Å². The van der Waals surface area contributed by atoms with Crippen LogP contribution < -0.4 is 10.4 Å². The van der Waals surface area contributed by atoms with Crippen LogP contribution in [0, 0.1) is 13.8 Å². The van der Waals surface area contributed by atoms with Gasteiger partial charge >= 0.3 is 0 Å². The zero-order valence-electron chi connectivity index (χ0n) is 19.1. The molecule has 0 aliphatic heterocycles. The largest absolute Gasteiger partial charge is 0.117 e. The van der Waals surface area contributed by atoms with E-state index in [0.29, 0.717) is 0 Å². The Bertz CT molecular complexity index is 1100. The highest BCUT2D eigenvalue weighted by Crippen LogP contribution is 2.58. The molecule has 0 bridgehead atoms. The van der Waals surface area contributed by atoms with Crippen LogP contribution in [0.5, 0.6) is 0 Å². The minimum absolute atomic E-state index is 0.0249. The molecule has 3 aromatic carbocycles. The van der Waals surface area contributed by atoms with Gasteiger partial charge in [-0.2, -0.15) is 0 Å². The molecular formula is C29H32Si. The van der Waals surface area contributed by atoms with Gasteiger partial charge in [0.05, 0.1) is 0 Å². The van der Waals surface area contributed by atoms with Crippen molar-refractivity contribution < 1.29 is 0 Å². The Hall–Kier alpha value is -2.64. The van der Waals surface area contributed by atoms with Crippen molar-refractivity contribution in [3.05, 3.63) is 112 Å². The Kier molecular flexibility index (Phi) is 5.42. The Labute approximate surface area is 183 Å². The van der Waals surface area contributed by atoms with Gasteiger partial charge in [-0.25, -0.2) is 0 Å². The highest BCUT2D eigenvalue weighted by atomic mass is 28.3. The minimum Gasteiger partial charge on any atom is -0.0629 e. The molecule has 0 heterocycles. The molecule has 1 aliphatic rings. The van der Waals surface area contributed by atoms with Gasteiger partial charge < -0.3 is 0 Å². The maximum absolute atomic E-state index is 2.52. The molecule has 4 rings (SSSR count). The monoisotopic (exact) mass is 408 g/mol. The van der Waals surface area contributed by atoms with E-state index in [0.717, 1.165) is 0 Å². The second-order valence-corrected chi connectivity index (χ2v) is 12.4. The number of allylic oxidation sites excluding steroid dienone is 4. The fourth-order valence-electron chi connectivity index (χ4n) is 5.48. The summed E-state index contributed by atoms with van der Waals surface area (Å²) in [5.41, 5.74) is 10.1. The summed E-state index contributed by atoms with van der Waals surface area (Å²) < 4.78 is 0. The summed E-state index contributed by atoms with van der Waals surface area (Å²) >= 11 is 0. The summed E-state index contributed by atoms with van der Waals surface area (Å²) in [6, 6.07) is 29.6. The first-order chi connectivity index (χ1) is 14.3. The van der Waals surface area contributed by atoms with Crippen LogP contribution >= 0.6 is 0 Å². The van der Waals surface area contributed by atoms with Crippen LogP contribution in [0.25, 0.3) is 5.57 Å². The SMILES string of the molecule is CC1=C(C)C(C)([SiH](c2cccc(C)c2)c2cccc(C)c2)C(c2ccccc2)=C1C. The lowest BCUT2D eigenvalue weighted by Gasteiger charge is -2.39. The molecule has 152 valence electrons. The first kappa shape index (κ1) is 20.6. The van der Waals surface area contributed by atoms with E-state index >= 15 is 0 Å². The fraction of sp³-hybridized carbons (Fsp3) is 0.241. The molecule has 0 fully saturated rings. The predicted molar refractivity (Wildman–Crippen MR) is 135 cm³/mol. The van der Waals surface area contributed by atoms with Gasteiger partial charge in [0, 0.05) is 5.04 Å². The summed E-state index contributed by atoms with van der Waals surface area (Å²) in [5, 5.41) is 3.08. The van der Waals surface area contributed by atoms with E-state index < -0.39 is 8.80 Å². The van der Waals surface area contributed by atoms with Crippen molar-refractivity contribution in [2.75, 3.05) is 0 Å². The van der Waals surface area contributed by atoms with E-state index in [1.165, 1.54) is 43.8 Å². The van der Waals surface area contributed by atoms with Crippen LogP contribution in [-0.4, -0.2) is 8.80 Å². The predicted octanol–water partition coefficient (Wildman–Crippen LogP) is 6.23. The smallest absolute Gasteiger partial charge is 0.0629 e. The normalized spacial score (nSPS) is 19.2. The van der Waals surface area contributed by atoms with Gasteiger partial charge in [-0.05, 0) is 56.9 Å². The first-order valence-corrected chi connectivity index (χ1v) is 12.7. The molecule has 1 atom stereocenters. The summed E-state index contributed by atoms with van der Waals surface area (Å²) in [6.07, 6.45) is 0. The Balaban J connectivity index is 2.03. The van der Waals surface area contributed by atoms with E-state index in [2.05, 4.69) is 120 Å². The lowest BCUT2D eigenvalue weighted by Crippen LogP contribution is -2.51. The van der Waals surface area contributed by atoms with Crippen molar-refractivity contribution in [2.24, 2.45) is 0 Å². The lowest BCUT2D eigenvalue weighted by atomic mass is 9.90. The van der Waals surface area contributed by atoms with Crippen LogP contribution in [0.1, 0.15) is 44.4 Å². The number of hydrogen-bond donors (Lipinski definition) is 0. The number of aryl methyl sites for hydroxylation is 2. The van der Waals surface area contributed by atoms with Crippen molar-refractivity contribution in [2.45, 2.75) is 46.6 Å². The van der Waals surface area contributed by atoms with Gasteiger partial charge in [-0.3, -0.25) is 0 Å². The van der Waals surface area contributed by atoms with Gasteiger partial charge in [0.2, 0.25) is 0 Å². The summed E-state index contributed by atoms with van der Waals surface area (Å²) in [5.74, 6) is 0. The summed E-state index contributed by atoms with van der Waals surface area (Å²) in [7, 11) is -1.65. The molecule has 0 saturated carbocycles. The molecule has 0 saturated heterocycles. The maximum atomic E-state index is 2.52. The molecule has 1 unspecified atom stereocenters. The van der Waals surface area contributed by atoms with Crippen molar-refractivity contribution in [3.8, 4) is 0 Å². The molecule has 0 aromatic heterocycles. The van der Waals surface area contributed by atoms with Gasteiger partial charge in [0.15, 0.2) is 0 Å². The zero-order valence-corrected chi connectivity index (χ0v) is 20.2.